The first-order chi connectivity index (χ1) is 6.31. The highest BCUT2D eigenvalue weighted by Gasteiger charge is 2.04. The van der Waals surface area contributed by atoms with Crippen LogP contribution in [0.25, 0.3) is 11.0 Å². The number of fused-ring (bicyclic) bond motifs is 1. The zero-order chi connectivity index (χ0) is 9.26. The van der Waals surface area contributed by atoms with Crippen molar-refractivity contribution in [1.29, 1.82) is 5.26 Å². The molecule has 0 spiro atoms. The van der Waals surface area contributed by atoms with Gasteiger partial charge in [-0.1, -0.05) is 11.6 Å². The van der Waals surface area contributed by atoms with Crippen molar-refractivity contribution < 1.29 is 4.42 Å². The molecule has 0 N–H and O–H groups in total. The van der Waals surface area contributed by atoms with Crippen LogP contribution in [-0.4, -0.2) is 0 Å². The Bertz CT molecular complexity index is 481. The van der Waals surface area contributed by atoms with Gasteiger partial charge < -0.3 is 4.42 Å². The molecule has 1 aromatic carbocycles. The highest BCUT2D eigenvalue weighted by atomic mass is 35.5. The summed E-state index contributed by atoms with van der Waals surface area (Å²) in [6.45, 7) is 0. The fraction of sp³-hybridized carbons (Fsp3) is 0.100. The highest BCUT2D eigenvalue weighted by molar-refractivity contribution is 6.31. The summed E-state index contributed by atoms with van der Waals surface area (Å²) in [5.74, 6) is 0. The molecule has 1 aromatic heterocycles. The Kier molecular flexibility index (Phi) is 1.96. The number of hydrogen-bond donors (Lipinski definition) is 0. The Morgan fingerprint density at radius 1 is 1.46 bits per heavy atom. The lowest BCUT2D eigenvalue weighted by Crippen LogP contribution is -1.76. The van der Waals surface area contributed by atoms with Gasteiger partial charge in [0.15, 0.2) is 0 Å². The third kappa shape index (κ3) is 1.39. The van der Waals surface area contributed by atoms with Crippen LogP contribution in [0.5, 0.6) is 0 Å². The van der Waals surface area contributed by atoms with E-state index in [0.717, 1.165) is 16.5 Å². The van der Waals surface area contributed by atoms with Crippen LogP contribution >= 0.6 is 11.6 Å². The van der Waals surface area contributed by atoms with Crippen molar-refractivity contribution in [3.05, 3.63) is 35.0 Å². The standard InChI is InChI=1S/C10H6ClNO/c11-8-1-2-10-9(5-8)7(3-4-12)6-13-10/h1-2,5-6H,3H2. The number of furan rings is 1. The number of hydrogen-bond acceptors (Lipinski definition) is 2. The maximum atomic E-state index is 8.54. The molecule has 0 aliphatic carbocycles. The van der Waals surface area contributed by atoms with E-state index in [1.165, 1.54) is 0 Å². The molecule has 2 nitrogen and oxygen atoms in total. The summed E-state index contributed by atoms with van der Waals surface area (Å²) in [7, 11) is 0. The lowest BCUT2D eigenvalue weighted by molar-refractivity contribution is 0.612. The molecule has 0 amide bonds. The van der Waals surface area contributed by atoms with Crippen molar-refractivity contribution in [2.75, 3.05) is 0 Å². The molecule has 0 radical (unpaired) electrons. The van der Waals surface area contributed by atoms with Crippen LogP contribution < -0.4 is 0 Å². The SMILES string of the molecule is N#CCc1coc2ccc(Cl)cc12. The Morgan fingerprint density at radius 3 is 3.08 bits per heavy atom. The molecule has 0 aliphatic rings. The minimum atomic E-state index is 0.355. The summed E-state index contributed by atoms with van der Waals surface area (Å²) in [5.41, 5.74) is 1.66. The van der Waals surface area contributed by atoms with Gasteiger partial charge in [-0.2, -0.15) is 5.26 Å². The summed E-state index contributed by atoms with van der Waals surface area (Å²) < 4.78 is 5.25. The smallest absolute Gasteiger partial charge is 0.134 e. The van der Waals surface area contributed by atoms with Crippen molar-refractivity contribution in [3.63, 3.8) is 0 Å². The normalized spacial score (nSPS) is 10.2. The van der Waals surface area contributed by atoms with E-state index in [0.29, 0.717) is 11.4 Å². The third-order valence-corrected chi connectivity index (χ3v) is 2.12. The molecule has 0 saturated heterocycles. The van der Waals surface area contributed by atoms with E-state index in [2.05, 4.69) is 6.07 Å². The summed E-state index contributed by atoms with van der Waals surface area (Å²) >= 11 is 5.82. The van der Waals surface area contributed by atoms with Gasteiger partial charge >= 0.3 is 0 Å². The van der Waals surface area contributed by atoms with Crippen LogP contribution in [0.4, 0.5) is 0 Å². The summed E-state index contributed by atoms with van der Waals surface area (Å²) in [4.78, 5) is 0. The monoisotopic (exact) mass is 191 g/mol. The molecule has 3 heteroatoms. The predicted octanol–water partition coefficient (Wildman–Crippen LogP) is 3.15. The van der Waals surface area contributed by atoms with Crippen LogP contribution in [0.3, 0.4) is 0 Å². The van der Waals surface area contributed by atoms with Crippen LogP contribution in [0.1, 0.15) is 5.56 Å². The summed E-state index contributed by atoms with van der Waals surface area (Å²) in [6, 6.07) is 7.46. The van der Waals surface area contributed by atoms with Gasteiger partial charge in [-0.05, 0) is 18.2 Å². The number of rotatable bonds is 1. The van der Waals surface area contributed by atoms with E-state index in [-0.39, 0.29) is 0 Å². The topological polar surface area (TPSA) is 36.9 Å². The average Bonchev–Trinajstić information content (AvgIpc) is 2.49. The van der Waals surface area contributed by atoms with Gasteiger partial charge in [0, 0.05) is 16.0 Å². The molecule has 0 unspecified atom stereocenters. The molecule has 0 saturated carbocycles. The van der Waals surface area contributed by atoms with E-state index in [1.807, 2.05) is 6.07 Å². The van der Waals surface area contributed by atoms with Gasteiger partial charge in [0.05, 0.1) is 18.8 Å². The summed E-state index contributed by atoms with van der Waals surface area (Å²) in [6.07, 6.45) is 1.96. The van der Waals surface area contributed by atoms with Crippen LogP contribution in [0, 0.1) is 11.3 Å². The zero-order valence-electron chi connectivity index (χ0n) is 6.75. The van der Waals surface area contributed by atoms with Gasteiger partial charge in [0.1, 0.15) is 5.58 Å². The second kappa shape index (κ2) is 3.12. The van der Waals surface area contributed by atoms with Gasteiger partial charge in [-0.25, -0.2) is 0 Å². The molecule has 0 fully saturated rings. The molecular formula is C10H6ClNO. The Labute approximate surface area is 80.3 Å². The van der Waals surface area contributed by atoms with E-state index >= 15 is 0 Å². The number of nitriles is 1. The molecule has 2 rings (SSSR count). The molecule has 2 aromatic rings. The number of nitrogens with zero attached hydrogens (tertiary/aromatic N) is 1. The second-order valence-corrected chi connectivity index (χ2v) is 3.17. The van der Waals surface area contributed by atoms with Crippen molar-refractivity contribution in [2.24, 2.45) is 0 Å². The maximum absolute atomic E-state index is 8.54. The zero-order valence-corrected chi connectivity index (χ0v) is 7.51. The highest BCUT2D eigenvalue weighted by Crippen LogP contribution is 2.24. The lowest BCUT2D eigenvalue weighted by atomic mass is 10.1. The molecule has 0 atom stereocenters. The second-order valence-electron chi connectivity index (χ2n) is 2.74. The Morgan fingerprint density at radius 2 is 2.31 bits per heavy atom. The Hall–Kier alpha value is -1.46. The summed E-state index contributed by atoms with van der Waals surface area (Å²) in [5, 5.41) is 10.1. The minimum Gasteiger partial charge on any atom is -0.464 e. The molecular weight excluding hydrogens is 186 g/mol. The maximum Gasteiger partial charge on any atom is 0.134 e. The van der Waals surface area contributed by atoms with Crippen molar-refractivity contribution >= 4 is 22.6 Å². The molecule has 0 bridgehead atoms. The van der Waals surface area contributed by atoms with E-state index in [1.54, 1.807) is 18.4 Å². The fourth-order valence-electron chi connectivity index (χ4n) is 1.28. The fourth-order valence-corrected chi connectivity index (χ4v) is 1.45. The van der Waals surface area contributed by atoms with Gasteiger partial charge in [0.25, 0.3) is 0 Å². The first-order valence-corrected chi connectivity index (χ1v) is 4.21. The van der Waals surface area contributed by atoms with E-state index < -0.39 is 0 Å². The largest absolute Gasteiger partial charge is 0.464 e. The van der Waals surface area contributed by atoms with E-state index in [9.17, 15) is 0 Å². The van der Waals surface area contributed by atoms with Crippen molar-refractivity contribution in [1.82, 2.24) is 0 Å². The first-order valence-electron chi connectivity index (χ1n) is 3.84. The number of benzene rings is 1. The van der Waals surface area contributed by atoms with Crippen LogP contribution in [-0.2, 0) is 6.42 Å². The molecule has 1 heterocycles. The molecule has 0 aliphatic heterocycles. The van der Waals surface area contributed by atoms with Crippen LogP contribution in [0.15, 0.2) is 28.9 Å². The Balaban J connectivity index is 2.66. The molecule has 13 heavy (non-hydrogen) atoms. The van der Waals surface area contributed by atoms with Gasteiger partial charge in [-0.3, -0.25) is 0 Å². The van der Waals surface area contributed by atoms with Crippen molar-refractivity contribution in [2.45, 2.75) is 6.42 Å². The quantitative estimate of drug-likeness (QED) is 0.694. The van der Waals surface area contributed by atoms with Crippen molar-refractivity contribution in [3.8, 4) is 6.07 Å². The molecule has 64 valence electrons. The van der Waals surface area contributed by atoms with Crippen LogP contribution in [0.2, 0.25) is 5.02 Å². The minimum absolute atomic E-state index is 0.355. The van der Waals surface area contributed by atoms with E-state index in [4.69, 9.17) is 21.3 Å². The predicted molar refractivity (Wildman–Crippen MR) is 50.5 cm³/mol. The number of halogens is 1. The first kappa shape index (κ1) is 8.15. The lowest BCUT2D eigenvalue weighted by Gasteiger charge is -1.91. The average molecular weight is 192 g/mol. The van der Waals surface area contributed by atoms with Gasteiger partial charge in [-0.15, -0.1) is 0 Å². The third-order valence-electron chi connectivity index (χ3n) is 1.89. The van der Waals surface area contributed by atoms with Gasteiger partial charge in [0.2, 0.25) is 0 Å².